The first-order chi connectivity index (χ1) is 7.70. The van der Waals surface area contributed by atoms with E-state index in [0.717, 1.165) is 19.4 Å². The van der Waals surface area contributed by atoms with Crippen LogP contribution in [0.5, 0.6) is 0 Å². The second-order valence-electron chi connectivity index (χ2n) is 4.15. The van der Waals surface area contributed by atoms with Crippen LogP contribution in [0.3, 0.4) is 0 Å². The lowest BCUT2D eigenvalue weighted by Crippen LogP contribution is -2.32. The quantitative estimate of drug-likeness (QED) is 0.849. The van der Waals surface area contributed by atoms with Crippen LogP contribution in [0.4, 0.5) is 4.39 Å². The minimum atomic E-state index is -1.03. The molecule has 1 N–H and O–H groups in total. The third-order valence-electron chi connectivity index (χ3n) is 3.03. The van der Waals surface area contributed by atoms with Crippen LogP contribution in [0.15, 0.2) is 18.2 Å². The maximum atomic E-state index is 14.3. The average Bonchev–Trinajstić information content (AvgIpc) is 2.33. The fraction of sp³-hybridized carbons (Fsp3) is 0.500. The first-order valence-corrected chi connectivity index (χ1v) is 6.24. The number of rotatable bonds is 2. The fourth-order valence-corrected chi connectivity index (χ4v) is 2.53. The summed E-state index contributed by atoms with van der Waals surface area (Å²) in [5.74, 6) is 0.00437. The van der Waals surface area contributed by atoms with Gasteiger partial charge in [-0.25, -0.2) is 4.39 Å². The maximum Gasteiger partial charge on any atom is 0.131 e. The maximum absolute atomic E-state index is 14.3. The van der Waals surface area contributed by atoms with E-state index in [1.165, 1.54) is 0 Å². The molecule has 1 aliphatic heterocycles. The predicted octanol–water partition coefficient (Wildman–Crippen LogP) is 4.00. The van der Waals surface area contributed by atoms with Crippen LogP contribution < -0.4 is 5.32 Å². The van der Waals surface area contributed by atoms with Crippen LogP contribution in [0, 0.1) is 5.92 Å². The molecular formula is C12H14Cl2FN. The molecule has 4 heteroatoms. The lowest BCUT2D eigenvalue weighted by atomic mass is 9.90. The zero-order valence-corrected chi connectivity index (χ0v) is 10.4. The minimum Gasteiger partial charge on any atom is -0.316 e. The molecule has 1 aromatic rings. The lowest BCUT2D eigenvalue weighted by molar-refractivity contribution is 0.194. The minimum absolute atomic E-state index is 0.00437. The van der Waals surface area contributed by atoms with Crippen molar-refractivity contribution in [1.82, 2.24) is 5.32 Å². The molecule has 2 rings (SSSR count). The Hall–Kier alpha value is -0.310. The van der Waals surface area contributed by atoms with Crippen LogP contribution >= 0.6 is 23.2 Å². The summed E-state index contributed by atoms with van der Waals surface area (Å²) in [6.07, 6.45) is 0.888. The van der Waals surface area contributed by atoms with Crippen molar-refractivity contribution in [3.63, 3.8) is 0 Å². The number of halogens is 3. The van der Waals surface area contributed by atoms with E-state index >= 15 is 0 Å². The molecule has 1 aromatic carbocycles. The van der Waals surface area contributed by atoms with Crippen LogP contribution in [-0.2, 0) is 0 Å². The van der Waals surface area contributed by atoms with E-state index < -0.39 is 6.17 Å². The lowest BCUT2D eigenvalue weighted by Gasteiger charge is -2.26. The summed E-state index contributed by atoms with van der Waals surface area (Å²) in [7, 11) is 0. The molecule has 1 aliphatic rings. The number of alkyl halides is 1. The zero-order valence-electron chi connectivity index (χ0n) is 8.85. The first-order valence-electron chi connectivity index (χ1n) is 5.49. The van der Waals surface area contributed by atoms with E-state index in [4.69, 9.17) is 23.2 Å². The van der Waals surface area contributed by atoms with Crippen LogP contribution in [0.2, 0.25) is 10.0 Å². The molecule has 0 spiro atoms. The van der Waals surface area contributed by atoms with E-state index in [-0.39, 0.29) is 5.92 Å². The van der Waals surface area contributed by atoms with Gasteiger partial charge in [-0.05, 0) is 25.5 Å². The highest BCUT2D eigenvalue weighted by atomic mass is 35.5. The van der Waals surface area contributed by atoms with Gasteiger partial charge >= 0.3 is 0 Å². The number of hydrogen-bond donors (Lipinski definition) is 1. The molecular weight excluding hydrogens is 248 g/mol. The smallest absolute Gasteiger partial charge is 0.131 e. The van der Waals surface area contributed by atoms with Gasteiger partial charge in [0.05, 0.1) is 10.0 Å². The highest BCUT2D eigenvalue weighted by Gasteiger charge is 2.26. The Morgan fingerprint density at radius 2 is 2.19 bits per heavy atom. The van der Waals surface area contributed by atoms with Gasteiger partial charge in [-0.2, -0.15) is 0 Å². The summed E-state index contributed by atoms with van der Waals surface area (Å²) in [6, 6.07) is 5.14. The van der Waals surface area contributed by atoms with Gasteiger partial charge in [-0.15, -0.1) is 0 Å². The Morgan fingerprint density at radius 1 is 1.38 bits per heavy atom. The molecule has 0 amide bonds. The van der Waals surface area contributed by atoms with Gasteiger partial charge in [-0.1, -0.05) is 35.3 Å². The van der Waals surface area contributed by atoms with Crippen molar-refractivity contribution in [2.24, 2.45) is 5.92 Å². The summed E-state index contributed by atoms with van der Waals surface area (Å²) in [4.78, 5) is 0. The van der Waals surface area contributed by atoms with Crippen LogP contribution in [0.1, 0.15) is 24.6 Å². The molecule has 1 nitrogen and oxygen atoms in total. The van der Waals surface area contributed by atoms with Crippen molar-refractivity contribution in [2.75, 3.05) is 13.1 Å². The molecule has 2 atom stereocenters. The number of benzene rings is 1. The van der Waals surface area contributed by atoms with Gasteiger partial charge in [0.2, 0.25) is 0 Å². The molecule has 2 unspecified atom stereocenters. The van der Waals surface area contributed by atoms with Crippen LogP contribution in [0.25, 0.3) is 0 Å². The second kappa shape index (κ2) is 5.35. The third-order valence-corrected chi connectivity index (χ3v) is 3.86. The fourth-order valence-electron chi connectivity index (χ4n) is 2.12. The van der Waals surface area contributed by atoms with Gasteiger partial charge in [-0.3, -0.25) is 0 Å². The van der Waals surface area contributed by atoms with E-state index in [1.54, 1.807) is 18.2 Å². The van der Waals surface area contributed by atoms with Crippen molar-refractivity contribution >= 4 is 23.2 Å². The van der Waals surface area contributed by atoms with E-state index in [1.807, 2.05) is 0 Å². The molecule has 0 aromatic heterocycles. The highest BCUT2D eigenvalue weighted by molar-refractivity contribution is 6.42. The van der Waals surface area contributed by atoms with Gasteiger partial charge < -0.3 is 5.32 Å². The second-order valence-corrected chi connectivity index (χ2v) is 4.94. The Balaban J connectivity index is 2.19. The molecule has 1 saturated heterocycles. The van der Waals surface area contributed by atoms with Crippen molar-refractivity contribution in [3.8, 4) is 0 Å². The molecule has 0 aliphatic carbocycles. The first kappa shape index (κ1) is 12.2. The Bertz CT molecular complexity index is 364. The molecule has 16 heavy (non-hydrogen) atoms. The van der Waals surface area contributed by atoms with Crippen molar-refractivity contribution in [1.29, 1.82) is 0 Å². The molecule has 0 saturated carbocycles. The molecule has 0 radical (unpaired) electrons. The Kier molecular flexibility index (Phi) is 4.06. The molecule has 88 valence electrons. The average molecular weight is 262 g/mol. The largest absolute Gasteiger partial charge is 0.316 e. The van der Waals surface area contributed by atoms with Gasteiger partial charge in [0.25, 0.3) is 0 Å². The van der Waals surface area contributed by atoms with Gasteiger partial charge in [0, 0.05) is 18.0 Å². The van der Waals surface area contributed by atoms with Gasteiger partial charge in [0.1, 0.15) is 6.17 Å². The summed E-state index contributed by atoms with van der Waals surface area (Å²) in [5, 5.41) is 3.97. The molecule has 0 bridgehead atoms. The Labute approximate surface area is 105 Å². The van der Waals surface area contributed by atoms with Crippen molar-refractivity contribution < 1.29 is 4.39 Å². The summed E-state index contributed by atoms with van der Waals surface area (Å²) >= 11 is 11.9. The van der Waals surface area contributed by atoms with E-state index in [9.17, 15) is 4.39 Å². The summed E-state index contributed by atoms with van der Waals surface area (Å²) < 4.78 is 14.3. The van der Waals surface area contributed by atoms with Crippen molar-refractivity contribution in [3.05, 3.63) is 33.8 Å². The summed E-state index contributed by atoms with van der Waals surface area (Å²) in [6.45, 7) is 1.69. The summed E-state index contributed by atoms with van der Waals surface area (Å²) in [5.41, 5.74) is 0.517. The Morgan fingerprint density at radius 3 is 2.88 bits per heavy atom. The third kappa shape index (κ3) is 2.50. The molecule has 1 heterocycles. The SMILES string of the molecule is FC(c1cccc(Cl)c1Cl)C1CCCNC1. The monoisotopic (exact) mass is 261 g/mol. The van der Waals surface area contributed by atoms with Crippen LogP contribution in [-0.4, -0.2) is 13.1 Å². The van der Waals surface area contributed by atoms with Gasteiger partial charge in [0.15, 0.2) is 0 Å². The zero-order chi connectivity index (χ0) is 11.5. The number of nitrogens with one attached hydrogen (secondary N) is 1. The standard InChI is InChI=1S/C12H14Cl2FN/c13-10-5-1-4-9(11(10)14)12(15)8-3-2-6-16-7-8/h1,4-5,8,12,16H,2-3,6-7H2. The van der Waals surface area contributed by atoms with E-state index in [0.29, 0.717) is 22.2 Å². The highest BCUT2D eigenvalue weighted by Crippen LogP contribution is 2.37. The molecule has 1 fully saturated rings. The van der Waals surface area contributed by atoms with Crippen molar-refractivity contribution in [2.45, 2.75) is 19.0 Å². The van der Waals surface area contributed by atoms with E-state index in [2.05, 4.69) is 5.32 Å². The predicted molar refractivity (Wildman–Crippen MR) is 65.9 cm³/mol. The topological polar surface area (TPSA) is 12.0 Å². The normalized spacial score (nSPS) is 23.1. The number of piperidine rings is 1. The number of hydrogen-bond acceptors (Lipinski definition) is 1.